The van der Waals surface area contributed by atoms with E-state index in [9.17, 15) is 9.90 Å². The lowest BCUT2D eigenvalue weighted by Gasteiger charge is -2.39. The number of ether oxygens (including phenoxy) is 1. The Kier molecular flexibility index (Phi) is 5.51. The van der Waals surface area contributed by atoms with E-state index in [0.717, 1.165) is 52.2 Å². The number of phenols is 1. The van der Waals surface area contributed by atoms with Crippen molar-refractivity contribution in [2.24, 2.45) is 0 Å². The molecule has 2 heterocycles. The fourth-order valence-electron chi connectivity index (χ4n) is 3.53. The predicted molar refractivity (Wildman–Crippen MR) is 88.4 cm³/mol. The SMILES string of the molecule is O=C(Cc1ccccc1O)N1CCCCC1CN1CCOCC1. The fraction of sp³-hybridized carbons (Fsp3) is 0.611. The van der Waals surface area contributed by atoms with Gasteiger partial charge in [-0.25, -0.2) is 0 Å². The fourth-order valence-corrected chi connectivity index (χ4v) is 3.53. The van der Waals surface area contributed by atoms with Gasteiger partial charge in [0, 0.05) is 37.8 Å². The van der Waals surface area contributed by atoms with Crippen molar-refractivity contribution < 1.29 is 14.6 Å². The molecule has 0 saturated carbocycles. The number of phenolic OH excluding ortho intramolecular Hbond substituents is 1. The van der Waals surface area contributed by atoms with Crippen LogP contribution in [0.2, 0.25) is 0 Å². The van der Waals surface area contributed by atoms with Crippen LogP contribution in [-0.4, -0.2) is 66.2 Å². The summed E-state index contributed by atoms with van der Waals surface area (Å²) in [6.07, 6.45) is 3.62. The predicted octanol–water partition coefficient (Wildman–Crippen LogP) is 1.65. The molecule has 0 aromatic heterocycles. The number of carbonyl (C=O) groups is 1. The van der Waals surface area contributed by atoms with Gasteiger partial charge in [0.15, 0.2) is 0 Å². The smallest absolute Gasteiger partial charge is 0.227 e. The molecule has 3 rings (SSSR count). The molecule has 5 nitrogen and oxygen atoms in total. The third-order valence-corrected chi connectivity index (χ3v) is 4.85. The second-order valence-corrected chi connectivity index (χ2v) is 6.46. The molecule has 126 valence electrons. The van der Waals surface area contributed by atoms with Crippen LogP contribution in [0, 0.1) is 0 Å². The Morgan fingerprint density at radius 2 is 1.96 bits per heavy atom. The topological polar surface area (TPSA) is 53.0 Å². The number of nitrogens with zero attached hydrogens (tertiary/aromatic N) is 2. The highest BCUT2D eigenvalue weighted by Crippen LogP contribution is 2.22. The second-order valence-electron chi connectivity index (χ2n) is 6.46. The first-order valence-corrected chi connectivity index (χ1v) is 8.60. The van der Waals surface area contributed by atoms with Crippen molar-refractivity contribution in [2.75, 3.05) is 39.4 Å². The minimum atomic E-state index is 0.129. The normalized spacial score (nSPS) is 23.0. The Morgan fingerprint density at radius 3 is 2.74 bits per heavy atom. The van der Waals surface area contributed by atoms with Gasteiger partial charge in [-0.3, -0.25) is 9.69 Å². The van der Waals surface area contributed by atoms with Gasteiger partial charge in [-0.2, -0.15) is 0 Å². The van der Waals surface area contributed by atoms with Gasteiger partial charge in [0.25, 0.3) is 0 Å². The number of aromatic hydroxyl groups is 1. The zero-order chi connectivity index (χ0) is 16.1. The lowest BCUT2D eigenvalue weighted by molar-refractivity contribution is -0.134. The van der Waals surface area contributed by atoms with E-state index in [-0.39, 0.29) is 18.1 Å². The number of amides is 1. The maximum atomic E-state index is 12.7. The van der Waals surface area contributed by atoms with Crippen molar-refractivity contribution in [1.82, 2.24) is 9.80 Å². The number of hydrogen-bond acceptors (Lipinski definition) is 4. The number of piperidine rings is 1. The molecule has 0 aliphatic carbocycles. The van der Waals surface area contributed by atoms with Gasteiger partial charge >= 0.3 is 0 Å². The van der Waals surface area contributed by atoms with Crippen LogP contribution in [0.25, 0.3) is 0 Å². The van der Waals surface area contributed by atoms with Crippen molar-refractivity contribution in [3.63, 3.8) is 0 Å². The average molecular weight is 318 g/mol. The quantitative estimate of drug-likeness (QED) is 0.917. The third-order valence-electron chi connectivity index (χ3n) is 4.85. The molecule has 2 aliphatic rings. The lowest BCUT2D eigenvalue weighted by atomic mass is 10.00. The summed E-state index contributed by atoms with van der Waals surface area (Å²) in [7, 11) is 0. The van der Waals surface area contributed by atoms with Crippen LogP contribution in [0.4, 0.5) is 0 Å². The van der Waals surface area contributed by atoms with E-state index in [0.29, 0.717) is 11.6 Å². The Morgan fingerprint density at radius 1 is 1.17 bits per heavy atom. The van der Waals surface area contributed by atoms with Crippen LogP contribution in [0.3, 0.4) is 0 Å². The molecule has 1 amide bonds. The molecule has 2 saturated heterocycles. The van der Waals surface area contributed by atoms with E-state index < -0.39 is 0 Å². The number of para-hydroxylation sites is 1. The van der Waals surface area contributed by atoms with E-state index in [1.807, 2.05) is 17.0 Å². The summed E-state index contributed by atoms with van der Waals surface area (Å²) in [6, 6.07) is 7.41. The number of hydrogen-bond donors (Lipinski definition) is 1. The molecule has 0 radical (unpaired) electrons. The van der Waals surface area contributed by atoms with Crippen molar-refractivity contribution >= 4 is 5.91 Å². The van der Waals surface area contributed by atoms with Crippen LogP contribution in [0.1, 0.15) is 24.8 Å². The van der Waals surface area contributed by atoms with Gasteiger partial charge in [-0.1, -0.05) is 18.2 Å². The zero-order valence-electron chi connectivity index (χ0n) is 13.6. The minimum Gasteiger partial charge on any atom is -0.508 e. The lowest BCUT2D eigenvalue weighted by Crippen LogP contribution is -2.51. The van der Waals surface area contributed by atoms with E-state index >= 15 is 0 Å². The van der Waals surface area contributed by atoms with Gasteiger partial charge in [0.05, 0.1) is 19.6 Å². The van der Waals surface area contributed by atoms with Gasteiger partial charge < -0.3 is 14.7 Å². The third kappa shape index (κ3) is 4.24. The van der Waals surface area contributed by atoms with E-state index in [4.69, 9.17) is 4.74 Å². The molecule has 5 heteroatoms. The number of benzene rings is 1. The van der Waals surface area contributed by atoms with Gasteiger partial charge in [0.2, 0.25) is 5.91 Å². The molecule has 1 aromatic carbocycles. The number of rotatable bonds is 4. The number of carbonyl (C=O) groups excluding carboxylic acids is 1. The summed E-state index contributed by atoms with van der Waals surface area (Å²) in [5.41, 5.74) is 0.716. The molecule has 23 heavy (non-hydrogen) atoms. The second kappa shape index (κ2) is 7.79. The van der Waals surface area contributed by atoms with Crippen LogP contribution in [-0.2, 0) is 16.0 Å². The van der Waals surface area contributed by atoms with E-state index in [2.05, 4.69) is 4.90 Å². The molecular weight excluding hydrogens is 292 g/mol. The molecule has 1 N–H and O–H groups in total. The Labute approximate surface area is 137 Å². The van der Waals surface area contributed by atoms with Gasteiger partial charge in [-0.15, -0.1) is 0 Å². The number of likely N-dealkylation sites (tertiary alicyclic amines) is 1. The van der Waals surface area contributed by atoms with Crippen molar-refractivity contribution in [1.29, 1.82) is 0 Å². The molecule has 1 aromatic rings. The van der Waals surface area contributed by atoms with Crippen molar-refractivity contribution in [2.45, 2.75) is 31.7 Å². The first-order valence-electron chi connectivity index (χ1n) is 8.60. The molecule has 0 bridgehead atoms. The van der Waals surface area contributed by atoms with Crippen LogP contribution in [0.15, 0.2) is 24.3 Å². The van der Waals surface area contributed by atoms with Crippen LogP contribution in [0.5, 0.6) is 5.75 Å². The Balaban J connectivity index is 1.63. The van der Waals surface area contributed by atoms with Crippen LogP contribution >= 0.6 is 0 Å². The standard InChI is InChI=1S/C18H26N2O3/c21-17-7-2-1-5-15(17)13-18(22)20-8-4-3-6-16(20)14-19-9-11-23-12-10-19/h1-2,5,7,16,21H,3-4,6,8-14H2. The molecule has 1 unspecified atom stereocenters. The largest absolute Gasteiger partial charge is 0.508 e. The van der Waals surface area contributed by atoms with Crippen LogP contribution < -0.4 is 0 Å². The van der Waals surface area contributed by atoms with E-state index in [1.54, 1.807) is 12.1 Å². The summed E-state index contributed by atoms with van der Waals surface area (Å²) in [5.74, 6) is 0.340. The van der Waals surface area contributed by atoms with Crippen molar-refractivity contribution in [3.8, 4) is 5.75 Å². The molecule has 2 fully saturated rings. The molecule has 1 atom stereocenters. The Hall–Kier alpha value is -1.59. The minimum absolute atomic E-state index is 0.129. The summed E-state index contributed by atoms with van der Waals surface area (Å²) in [4.78, 5) is 17.2. The summed E-state index contributed by atoms with van der Waals surface area (Å²) in [5, 5.41) is 9.89. The molecule has 2 aliphatic heterocycles. The average Bonchev–Trinajstić information content (AvgIpc) is 2.58. The van der Waals surface area contributed by atoms with Gasteiger partial charge in [-0.05, 0) is 25.3 Å². The zero-order valence-corrected chi connectivity index (χ0v) is 13.6. The highest BCUT2D eigenvalue weighted by Gasteiger charge is 2.29. The highest BCUT2D eigenvalue weighted by molar-refractivity contribution is 5.80. The first-order chi connectivity index (χ1) is 11.2. The molecular formula is C18H26N2O3. The maximum Gasteiger partial charge on any atom is 0.227 e. The maximum absolute atomic E-state index is 12.7. The summed E-state index contributed by atoms with van der Waals surface area (Å²) < 4.78 is 5.41. The summed E-state index contributed by atoms with van der Waals surface area (Å²) in [6.45, 7) is 5.27. The first kappa shape index (κ1) is 16.3. The Bertz CT molecular complexity index is 529. The highest BCUT2D eigenvalue weighted by atomic mass is 16.5. The monoisotopic (exact) mass is 318 g/mol. The molecule has 0 spiro atoms. The van der Waals surface area contributed by atoms with Crippen molar-refractivity contribution in [3.05, 3.63) is 29.8 Å². The number of morpholine rings is 1. The van der Waals surface area contributed by atoms with E-state index in [1.165, 1.54) is 6.42 Å². The summed E-state index contributed by atoms with van der Waals surface area (Å²) >= 11 is 0. The van der Waals surface area contributed by atoms with Gasteiger partial charge in [0.1, 0.15) is 5.75 Å².